The Morgan fingerprint density at radius 2 is 2.20 bits per heavy atom. The summed E-state index contributed by atoms with van der Waals surface area (Å²) in [6, 6.07) is 5.47. The summed E-state index contributed by atoms with van der Waals surface area (Å²) in [5, 5.41) is 5.10. The lowest BCUT2D eigenvalue weighted by Crippen LogP contribution is -2.06. The van der Waals surface area contributed by atoms with Crippen LogP contribution in [0.5, 0.6) is 5.75 Å². The molecule has 0 amide bonds. The fourth-order valence-electron chi connectivity index (χ4n) is 1.97. The van der Waals surface area contributed by atoms with E-state index in [1.165, 1.54) is 0 Å². The Morgan fingerprint density at radius 3 is 2.80 bits per heavy atom. The van der Waals surface area contributed by atoms with Crippen molar-refractivity contribution in [2.24, 2.45) is 12.8 Å². The lowest BCUT2D eigenvalue weighted by atomic mass is 10.2. The number of rotatable bonds is 5. The molecule has 0 saturated heterocycles. The summed E-state index contributed by atoms with van der Waals surface area (Å²) in [6.07, 6.45) is 0.878. The van der Waals surface area contributed by atoms with Gasteiger partial charge in [-0.05, 0) is 40.5 Å². The van der Waals surface area contributed by atoms with Crippen LogP contribution in [-0.4, -0.2) is 9.78 Å². The number of halogens is 2. The van der Waals surface area contributed by atoms with Gasteiger partial charge in [-0.15, -0.1) is 0 Å². The molecule has 108 valence electrons. The summed E-state index contributed by atoms with van der Waals surface area (Å²) < 4.78 is 8.70. The van der Waals surface area contributed by atoms with Crippen LogP contribution in [0.25, 0.3) is 0 Å². The van der Waals surface area contributed by atoms with E-state index in [1.54, 1.807) is 6.07 Å². The van der Waals surface area contributed by atoms with Gasteiger partial charge in [0.15, 0.2) is 0 Å². The molecule has 1 aromatic heterocycles. The molecule has 0 saturated carbocycles. The molecule has 0 radical (unpaired) electrons. The fraction of sp³-hybridized carbons (Fsp3) is 0.357. The zero-order valence-corrected chi connectivity index (χ0v) is 13.8. The Balaban J connectivity index is 2.19. The lowest BCUT2D eigenvalue weighted by molar-refractivity contribution is 0.291. The van der Waals surface area contributed by atoms with Crippen molar-refractivity contribution in [1.82, 2.24) is 9.78 Å². The molecule has 2 rings (SSSR count). The first-order chi connectivity index (χ1) is 9.56. The minimum Gasteiger partial charge on any atom is -0.487 e. The third kappa shape index (κ3) is 3.16. The van der Waals surface area contributed by atoms with Gasteiger partial charge in [0.2, 0.25) is 0 Å². The summed E-state index contributed by atoms with van der Waals surface area (Å²) in [5.74, 6) is 0.753. The van der Waals surface area contributed by atoms with E-state index in [9.17, 15) is 0 Å². The van der Waals surface area contributed by atoms with Gasteiger partial charge in [0.25, 0.3) is 0 Å². The van der Waals surface area contributed by atoms with Crippen LogP contribution in [0.2, 0.25) is 5.02 Å². The van der Waals surface area contributed by atoms with Crippen LogP contribution in [0.1, 0.15) is 23.9 Å². The van der Waals surface area contributed by atoms with E-state index in [0.29, 0.717) is 18.2 Å². The summed E-state index contributed by atoms with van der Waals surface area (Å²) >= 11 is 9.53. The van der Waals surface area contributed by atoms with Crippen molar-refractivity contribution in [3.8, 4) is 5.75 Å². The Kier molecular flexibility index (Phi) is 5.07. The number of ether oxygens (including phenoxy) is 1. The first-order valence-electron chi connectivity index (χ1n) is 6.38. The number of hydrogen-bond acceptors (Lipinski definition) is 3. The van der Waals surface area contributed by atoms with Crippen molar-refractivity contribution in [3.05, 3.63) is 44.6 Å². The molecule has 2 aromatic rings. The monoisotopic (exact) mass is 357 g/mol. The standard InChI is InChI=1S/C14H17BrClN3O/c1-3-11-14(15)12(19(2)18-11)8-20-13-5-4-10(16)6-9(13)7-17/h4-6H,3,7-8,17H2,1-2H3. The van der Waals surface area contributed by atoms with Gasteiger partial charge in [-0.3, -0.25) is 4.68 Å². The summed E-state index contributed by atoms with van der Waals surface area (Å²) in [5.41, 5.74) is 8.63. The lowest BCUT2D eigenvalue weighted by Gasteiger charge is -2.11. The van der Waals surface area contributed by atoms with Gasteiger partial charge in [0.1, 0.15) is 12.4 Å². The van der Waals surface area contributed by atoms with Crippen molar-refractivity contribution in [2.45, 2.75) is 26.5 Å². The molecule has 0 fully saturated rings. The first-order valence-corrected chi connectivity index (χ1v) is 7.55. The van der Waals surface area contributed by atoms with Crippen LogP contribution in [0.4, 0.5) is 0 Å². The summed E-state index contributed by atoms with van der Waals surface area (Å²) in [7, 11) is 1.91. The number of aryl methyl sites for hydroxylation is 2. The van der Waals surface area contributed by atoms with Crippen LogP contribution in [0.15, 0.2) is 22.7 Å². The second-order valence-electron chi connectivity index (χ2n) is 4.43. The number of nitrogens with zero attached hydrogens (tertiary/aromatic N) is 2. The molecule has 2 N–H and O–H groups in total. The predicted molar refractivity (Wildman–Crippen MR) is 84.0 cm³/mol. The van der Waals surface area contributed by atoms with E-state index in [-0.39, 0.29) is 0 Å². The number of aromatic nitrogens is 2. The van der Waals surface area contributed by atoms with Gasteiger partial charge in [0, 0.05) is 24.2 Å². The second-order valence-corrected chi connectivity index (χ2v) is 5.66. The van der Waals surface area contributed by atoms with E-state index in [0.717, 1.165) is 33.6 Å². The fourth-order valence-corrected chi connectivity index (χ4v) is 2.90. The van der Waals surface area contributed by atoms with Gasteiger partial charge >= 0.3 is 0 Å². The topological polar surface area (TPSA) is 53.1 Å². The van der Waals surface area contributed by atoms with Crippen molar-refractivity contribution in [3.63, 3.8) is 0 Å². The highest BCUT2D eigenvalue weighted by molar-refractivity contribution is 9.10. The highest BCUT2D eigenvalue weighted by Gasteiger charge is 2.13. The summed E-state index contributed by atoms with van der Waals surface area (Å²) in [6.45, 7) is 2.89. The normalized spacial score (nSPS) is 10.8. The largest absolute Gasteiger partial charge is 0.487 e. The minimum atomic E-state index is 0.392. The molecule has 0 spiro atoms. The van der Waals surface area contributed by atoms with Crippen molar-refractivity contribution >= 4 is 27.5 Å². The Hall–Kier alpha value is -1.04. The predicted octanol–water partition coefficient (Wildman–Crippen LogP) is 3.44. The van der Waals surface area contributed by atoms with Crippen LogP contribution in [-0.2, 0) is 26.6 Å². The molecule has 4 nitrogen and oxygen atoms in total. The maximum atomic E-state index is 5.95. The van der Waals surface area contributed by atoms with E-state index in [1.807, 2.05) is 23.9 Å². The Labute approximate surface area is 132 Å². The minimum absolute atomic E-state index is 0.392. The maximum Gasteiger partial charge on any atom is 0.131 e. The van der Waals surface area contributed by atoms with Crippen molar-refractivity contribution < 1.29 is 4.74 Å². The van der Waals surface area contributed by atoms with Crippen LogP contribution in [0.3, 0.4) is 0 Å². The SMILES string of the molecule is CCc1nn(C)c(COc2ccc(Cl)cc2CN)c1Br. The van der Waals surface area contributed by atoms with Gasteiger partial charge in [-0.2, -0.15) is 5.10 Å². The van der Waals surface area contributed by atoms with Crippen LogP contribution < -0.4 is 10.5 Å². The van der Waals surface area contributed by atoms with Crippen molar-refractivity contribution in [1.29, 1.82) is 0 Å². The maximum absolute atomic E-state index is 5.95. The molecule has 6 heteroatoms. The molecule has 0 bridgehead atoms. The molecule has 1 aromatic carbocycles. The number of hydrogen-bond donors (Lipinski definition) is 1. The quantitative estimate of drug-likeness (QED) is 0.891. The van der Waals surface area contributed by atoms with E-state index < -0.39 is 0 Å². The number of nitrogens with two attached hydrogens (primary N) is 1. The van der Waals surface area contributed by atoms with Crippen LogP contribution >= 0.6 is 27.5 Å². The summed E-state index contributed by atoms with van der Waals surface area (Å²) in [4.78, 5) is 0. The highest BCUT2D eigenvalue weighted by Crippen LogP contribution is 2.26. The smallest absolute Gasteiger partial charge is 0.131 e. The Bertz CT molecular complexity index is 613. The van der Waals surface area contributed by atoms with Gasteiger partial charge in [0.05, 0.1) is 15.9 Å². The molecule has 0 aliphatic rings. The average molecular weight is 359 g/mol. The molecule has 20 heavy (non-hydrogen) atoms. The van der Waals surface area contributed by atoms with Gasteiger partial charge in [-0.1, -0.05) is 18.5 Å². The van der Waals surface area contributed by atoms with Gasteiger partial charge in [-0.25, -0.2) is 0 Å². The van der Waals surface area contributed by atoms with Crippen LogP contribution in [0, 0.1) is 0 Å². The van der Waals surface area contributed by atoms with Crippen molar-refractivity contribution in [2.75, 3.05) is 0 Å². The highest BCUT2D eigenvalue weighted by atomic mass is 79.9. The second kappa shape index (κ2) is 6.61. The third-order valence-electron chi connectivity index (χ3n) is 3.11. The molecule has 0 atom stereocenters. The van der Waals surface area contributed by atoms with E-state index in [2.05, 4.69) is 28.0 Å². The average Bonchev–Trinajstić information content (AvgIpc) is 2.72. The van der Waals surface area contributed by atoms with Gasteiger partial charge < -0.3 is 10.5 Å². The zero-order valence-electron chi connectivity index (χ0n) is 11.5. The Morgan fingerprint density at radius 1 is 1.45 bits per heavy atom. The molecule has 0 unspecified atom stereocenters. The third-order valence-corrected chi connectivity index (χ3v) is 4.26. The molecule has 0 aliphatic heterocycles. The van der Waals surface area contributed by atoms with E-state index in [4.69, 9.17) is 22.1 Å². The molecular weight excluding hydrogens is 342 g/mol. The molecular formula is C14H17BrClN3O. The molecule has 0 aliphatic carbocycles. The van der Waals surface area contributed by atoms with E-state index >= 15 is 0 Å². The molecule has 1 heterocycles. The first kappa shape index (κ1) is 15.4. The number of benzene rings is 1. The zero-order chi connectivity index (χ0) is 14.7.